The van der Waals surface area contributed by atoms with Gasteiger partial charge in [-0.3, -0.25) is 19.3 Å². The second kappa shape index (κ2) is 72.2. The Morgan fingerprint density at radius 2 is 0.510 bits per heavy atom. The minimum absolute atomic E-state index is 0.0436. The molecule has 0 radical (unpaired) electrons. The first-order valence-corrected chi connectivity index (χ1v) is 35.6. The molecule has 3 atom stereocenters. The van der Waals surface area contributed by atoms with Crippen molar-refractivity contribution in [2.75, 3.05) is 343 Å². The molecule has 2 N–H and O–H groups in total. The van der Waals surface area contributed by atoms with E-state index in [0.717, 1.165) is 30.6 Å². The van der Waals surface area contributed by atoms with Crippen molar-refractivity contribution in [3.63, 3.8) is 0 Å². The Kier molecular flexibility index (Phi) is 65.3. The normalized spacial score (nSPS) is 15.7. The van der Waals surface area contributed by atoms with E-state index in [1.165, 1.54) is 12.2 Å². The highest BCUT2D eigenvalue weighted by atomic mass is 16.6. The summed E-state index contributed by atoms with van der Waals surface area (Å²) in [5.74, 6) is 7.15. The molecule has 0 spiro atoms. The second-order valence-corrected chi connectivity index (χ2v) is 21.9. The van der Waals surface area contributed by atoms with Gasteiger partial charge in [-0.25, -0.2) is 4.79 Å². The zero-order valence-electron chi connectivity index (χ0n) is 59.5. The quantitative estimate of drug-likeness (QED) is 0.0487. The van der Waals surface area contributed by atoms with E-state index >= 15 is 0 Å². The lowest BCUT2D eigenvalue weighted by atomic mass is 10.1. The van der Waals surface area contributed by atoms with Crippen LogP contribution in [0.5, 0.6) is 0 Å². The fourth-order valence-corrected chi connectivity index (χ4v) is 9.11. The van der Waals surface area contributed by atoms with Gasteiger partial charge in [0.15, 0.2) is 0 Å². The number of hydrogen-bond acceptors (Lipinski definition) is 29. The third-order valence-corrected chi connectivity index (χ3v) is 14.3. The van der Waals surface area contributed by atoms with Crippen LogP contribution in [0.25, 0.3) is 0 Å². The second-order valence-electron chi connectivity index (χ2n) is 21.9. The average molecular weight is 1440 g/mol. The minimum atomic E-state index is -0.403. The molecule has 0 bridgehead atoms. The number of carbonyl (C=O) groups excluding carboxylic acids is 4. The van der Waals surface area contributed by atoms with Gasteiger partial charge in [0, 0.05) is 51.0 Å². The van der Waals surface area contributed by atoms with Crippen LogP contribution in [-0.4, -0.2) is 372 Å². The van der Waals surface area contributed by atoms with Gasteiger partial charge in [-0.2, -0.15) is 0 Å². The summed E-state index contributed by atoms with van der Waals surface area (Å²) in [5, 5.41) is 5.42. The van der Waals surface area contributed by atoms with Gasteiger partial charge in [0.05, 0.1) is 324 Å². The Bertz CT molecular complexity index is 1930. The lowest BCUT2D eigenvalue weighted by Crippen LogP contribution is -2.35. The lowest BCUT2D eigenvalue weighted by Gasteiger charge is -2.13. The third kappa shape index (κ3) is 59.6. The first-order chi connectivity index (χ1) is 49.6. The molecule has 1 fully saturated rings. The van der Waals surface area contributed by atoms with Crippen LogP contribution >= 0.6 is 0 Å². The van der Waals surface area contributed by atoms with Crippen LogP contribution in [-0.2, 0) is 133 Å². The number of imide groups is 1. The van der Waals surface area contributed by atoms with E-state index in [2.05, 4.69) is 22.5 Å². The monoisotopic (exact) mass is 1440 g/mol. The summed E-state index contributed by atoms with van der Waals surface area (Å²) in [7, 11) is 0. The van der Waals surface area contributed by atoms with Gasteiger partial charge in [-0.1, -0.05) is 0 Å². The van der Waals surface area contributed by atoms with Gasteiger partial charge in [-0.05, 0) is 30.6 Å². The molecule has 1 unspecified atom stereocenters. The summed E-state index contributed by atoms with van der Waals surface area (Å²) >= 11 is 0. The average Bonchev–Trinajstić information content (AvgIpc) is 1.63. The van der Waals surface area contributed by atoms with Crippen LogP contribution in [0.1, 0.15) is 32.1 Å². The summed E-state index contributed by atoms with van der Waals surface area (Å²) in [6.07, 6.45) is 6.18. The SMILES string of the molecule is O=C(CCN1C(=O)C=CC1=O)NCCOCCOCCOCCOCCOCCOCCOCCOCCOCCOCCOCCOCCOCCOCCOCCOCCOCCOCCOCCOCCOCCOCCOCCOCCNC(=O)OCC1[C@H]2CCC#CCC[C@@H]12. The molecule has 582 valence electrons. The summed E-state index contributed by atoms with van der Waals surface area (Å²) in [6.45, 7) is 23.3. The van der Waals surface area contributed by atoms with Crippen molar-refractivity contribution in [1.82, 2.24) is 15.5 Å². The molecule has 3 rings (SSSR count). The van der Waals surface area contributed by atoms with Crippen molar-refractivity contribution >= 4 is 23.8 Å². The third-order valence-electron chi connectivity index (χ3n) is 14.3. The van der Waals surface area contributed by atoms with Gasteiger partial charge in [0.2, 0.25) is 5.91 Å². The van der Waals surface area contributed by atoms with E-state index in [9.17, 15) is 19.2 Å². The molecule has 4 amide bonds. The number of hydrogen-bond donors (Lipinski definition) is 2. The Balaban J connectivity index is 0.832. The molecule has 32 heteroatoms. The van der Waals surface area contributed by atoms with Gasteiger partial charge in [0.1, 0.15) is 0 Å². The van der Waals surface area contributed by atoms with Gasteiger partial charge < -0.3 is 129 Å². The molecule has 0 aromatic rings. The highest BCUT2D eigenvalue weighted by Gasteiger charge is 2.49. The van der Waals surface area contributed by atoms with E-state index in [-0.39, 0.29) is 25.0 Å². The zero-order chi connectivity index (χ0) is 70.8. The van der Waals surface area contributed by atoms with E-state index in [1.54, 1.807) is 0 Å². The topological polar surface area (TPSA) is 326 Å². The highest BCUT2D eigenvalue weighted by molar-refractivity contribution is 6.13. The molecule has 0 aromatic carbocycles. The van der Waals surface area contributed by atoms with Crippen molar-refractivity contribution in [3.05, 3.63) is 12.2 Å². The standard InChI is InChI=1S/C68H121N3O29/c72-65(9-12-71-66(73)7-8-67(71)74)69-10-13-76-15-17-78-19-21-80-23-25-82-27-29-84-31-33-86-35-37-88-39-41-90-43-45-92-47-49-94-51-53-96-55-57-98-59-60-99-58-56-97-54-52-95-50-48-93-46-44-91-42-40-89-38-36-87-34-32-85-30-28-83-26-24-81-22-20-79-18-16-77-14-11-70-68(75)100-61-64-62-5-3-1-2-4-6-63(62)64/h7-8,62-64H,3-6,9-61H2,(H,69,72)(H,70,75)/t62-,63+,64?. The molecule has 0 saturated heterocycles. The van der Waals surface area contributed by atoms with Crippen molar-refractivity contribution in [2.45, 2.75) is 32.1 Å². The van der Waals surface area contributed by atoms with E-state index in [4.69, 9.17) is 118 Å². The Labute approximate surface area is 592 Å². The van der Waals surface area contributed by atoms with Crippen LogP contribution in [0.4, 0.5) is 4.79 Å². The fourth-order valence-electron chi connectivity index (χ4n) is 9.11. The molecule has 3 aliphatic rings. The van der Waals surface area contributed by atoms with Crippen molar-refractivity contribution < 1.29 is 138 Å². The van der Waals surface area contributed by atoms with E-state index in [1.807, 2.05) is 0 Å². The van der Waals surface area contributed by atoms with E-state index < -0.39 is 11.8 Å². The summed E-state index contributed by atoms with van der Waals surface area (Å²) < 4.78 is 138. The summed E-state index contributed by atoms with van der Waals surface area (Å²) in [6, 6.07) is 0. The Morgan fingerprint density at radius 3 is 0.730 bits per heavy atom. The van der Waals surface area contributed by atoms with Gasteiger partial charge in [-0.15, -0.1) is 11.8 Å². The molecular weight excluding hydrogens is 1320 g/mol. The Hall–Kier alpha value is -3.78. The number of fused-ring (bicyclic) bond motifs is 1. The van der Waals surface area contributed by atoms with Crippen LogP contribution < -0.4 is 10.6 Å². The van der Waals surface area contributed by atoms with E-state index in [0.29, 0.717) is 355 Å². The van der Waals surface area contributed by atoms with Gasteiger partial charge in [0.25, 0.3) is 11.8 Å². The van der Waals surface area contributed by atoms with Crippen LogP contribution in [0.3, 0.4) is 0 Å². The smallest absolute Gasteiger partial charge is 0.407 e. The molecule has 1 aliphatic heterocycles. The first-order valence-electron chi connectivity index (χ1n) is 35.6. The number of nitrogens with one attached hydrogen (secondary N) is 2. The maximum atomic E-state index is 12.0. The highest BCUT2D eigenvalue weighted by Crippen LogP contribution is 2.52. The molecule has 100 heavy (non-hydrogen) atoms. The fraction of sp³-hybridized carbons (Fsp3) is 0.882. The summed E-state index contributed by atoms with van der Waals surface area (Å²) in [5.41, 5.74) is 0. The number of ether oxygens (including phenoxy) is 25. The Morgan fingerprint density at radius 1 is 0.310 bits per heavy atom. The maximum Gasteiger partial charge on any atom is 0.407 e. The van der Waals surface area contributed by atoms with Crippen molar-refractivity contribution in [1.29, 1.82) is 0 Å². The van der Waals surface area contributed by atoms with Crippen LogP contribution in [0.15, 0.2) is 12.2 Å². The molecule has 0 aromatic heterocycles. The van der Waals surface area contributed by atoms with Crippen LogP contribution in [0.2, 0.25) is 0 Å². The predicted molar refractivity (Wildman–Crippen MR) is 359 cm³/mol. The molecular formula is C68H121N3O29. The molecule has 32 nitrogen and oxygen atoms in total. The number of carbonyl (C=O) groups is 4. The number of amides is 4. The molecule has 1 saturated carbocycles. The largest absolute Gasteiger partial charge is 0.449 e. The number of rotatable bonds is 80. The lowest BCUT2D eigenvalue weighted by molar-refractivity contribution is -0.137. The van der Waals surface area contributed by atoms with Crippen molar-refractivity contribution in [3.8, 4) is 11.8 Å². The minimum Gasteiger partial charge on any atom is -0.449 e. The maximum absolute atomic E-state index is 12.0. The van der Waals surface area contributed by atoms with Crippen molar-refractivity contribution in [2.24, 2.45) is 17.8 Å². The van der Waals surface area contributed by atoms with Gasteiger partial charge >= 0.3 is 6.09 Å². The number of nitrogens with zero attached hydrogens (tertiary/aromatic N) is 1. The summed E-state index contributed by atoms with van der Waals surface area (Å²) in [4.78, 5) is 47.9. The van der Waals surface area contributed by atoms with Crippen LogP contribution in [0, 0.1) is 29.6 Å². The first kappa shape index (κ1) is 90.4. The number of alkyl carbamates (subject to hydrolysis) is 1. The predicted octanol–water partition coefficient (Wildman–Crippen LogP) is 0.982. The zero-order valence-corrected chi connectivity index (χ0v) is 59.5. The molecule has 2 aliphatic carbocycles. The molecule has 1 heterocycles.